The first-order chi connectivity index (χ1) is 13.3. The van der Waals surface area contributed by atoms with Gasteiger partial charge in [-0.3, -0.25) is 19.2 Å². The lowest BCUT2D eigenvalue weighted by atomic mass is 10.1. The SMILES string of the molecule is NC(=O)CNC(=O)c1ccc(CNC(=O)CNC(=O)c2cccc(Cl)c2)cc1. The van der Waals surface area contributed by atoms with Gasteiger partial charge >= 0.3 is 0 Å². The Kier molecular flexibility index (Phi) is 7.53. The van der Waals surface area contributed by atoms with Gasteiger partial charge in [-0.25, -0.2) is 0 Å². The summed E-state index contributed by atoms with van der Waals surface area (Å²) in [5.41, 5.74) is 6.46. The summed E-state index contributed by atoms with van der Waals surface area (Å²) in [6.07, 6.45) is 0. The van der Waals surface area contributed by atoms with E-state index >= 15 is 0 Å². The largest absolute Gasteiger partial charge is 0.368 e. The van der Waals surface area contributed by atoms with Crippen LogP contribution in [0, 0.1) is 0 Å². The summed E-state index contributed by atoms with van der Waals surface area (Å²) in [4.78, 5) is 46.3. The fraction of sp³-hybridized carbons (Fsp3) is 0.158. The second-order valence-electron chi connectivity index (χ2n) is 5.82. The number of carbonyl (C=O) groups excluding carboxylic acids is 4. The minimum absolute atomic E-state index is 0.182. The van der Waals surface area contributed by atoms with E-state index in [9.17, 15) is 19.2 Å². The van der Waals surface area contributed by atoms with E-state index in [0.717, 1.165) is 5.56 Å². The molecular formula is C19H19ClN4O4. The average molecular weight is 403 g/mol. The lowest BCUT2D eigenvalue weighted by Gasteiger charge is -2.08. The first kappa shape index (κ1) is 20.9. The van der Waals surface area contributed by atoms with Crippen molar-refractivity contribution in [3.05, 3.63) is 70.2 Å². The highest BCUT2D eigenvalue weighted by Gasteiger charge is 2.09. The third-order valence-electron chi connectivity index (χ3n) is 3.63. The van der Waals surface area contributed by atoms with Gasteiger partial charge in [-0.1, -0.05) is 29.8 Å². The van der Waals surface area contributed by atoms with Crippen molar-refractivity contribution in [2.75, 3.05) is 13.1 Å². The van der Waals surface area contributed by atoms with Crippen LogP contribution in [0.5, 0.6) is 0 Å². The molecule has 5 N–H and O–H groups in total. The van der Waals surface area contributed by atoms with Crippen molar-refractivity contribution < 1.29 is 19.2 Å². The van der Waals surface area contributed by atoms with Gasteiger partial charge in [0.05, 0.1) is 13.1 Å². The van der Waals surface area contributed by atoms with Crippen molar-refractivity contribution in [1.82, 2.24) is 16.0 Å². The van der Waals surface area contributed by atoms with Crippen LogP contribution < -0.4 is 21.7 Å². The number of hydrogen-bond acceptors (Lipinski definition) is 4. The smallest absolute Gasteiger partial charge is 0.251 e. The molecule has 9 heteroatoms. The standard InChI is InChI=1S/C19H19ClN4O4/c20-15-3-1-2-14(8-15)19(28)24-11-17(26)22-9-12-4-6-13(7-5-12)18(27)23-10-16(21)25/h1-8H,9-11H2,(H2,21,25)(H,22,26)(H,23,27)(H,24,28). The van der Waals surface area contributed by atoms with Crippen molar-refractivity contribution in [2.24, 2.45) is 5.73 Å². The van der Waals surface area contributed by atoms with Crippen molar-refractivity contribution in [3.63, 3.8) is 0 Å². The number of nitrogens with one attached hydrogen (secondary N) is 3. The summed E-state index contributed by atoms with van der Waals surface area (Å²) in [6.45, 7) is -0.189. The Morgan fingerprint density at radius 3 is 2.11 bits per heavy atom. The van der Waals surface area contributed by atoms with Gasteiger partial charge in [0.2, 0.25) is 11.8 Å². The highest BCUT2D eigenvalue weighted by molar-refractivity contribution is 6.31. The quantitative estimate of drug-likeness (QED) is 0.515. The molecule has 2 aromatic carbocycles. The Morgan fingerprint density at radius 1 is 0.821 bits per heavy atom. The van der Waals surface area contributed by atoms with E-state index in [1.165, 1.54) is 6.07 Å². The number of halogens is 1. The molecule has 0 radical (unpaired) electrons. The maximum Gasteiger partial charge on any atom is 0.251 e. The molecule has 146 valence electrons. The maximum atomic E-state index is 12.0. The zero-order chi connectivity index (χ0) is 20.5. The molecule has 0 aliphatic carbocycles. The summed E-state index contributed by atoms with van der Waals surface area (Å²) >= 11 is 5.83. The Labute approximate surface area is 166 Å². The summed E-state index contributed by atoms with van der Waals surface area (Å²) in [7, 11) is 0. The van der Waals surface area contributed by atoms with Gasteiger partial charge in [0.15, 0.2) is 0 Å². The first-order valence-electron chi connectivity index (χ1n) is 8.31. The Morgan fingerprint density at radius 2 is 1.46 bits per heavy atom. The normalized spacial score (nSPS) is 10.0. The predicted octanol–water partition coefficient (Wildman–Crippen LogP) is 0.601. The molecule has 0 saturated heterocycles. The molecule has 0 unspecified atom stereocenters. The molecule has 0 aliphatic heterocycles. The van der Waals surface area contributed by atoms with Gasteiger partial charge in [-0.2, -0.15) is 0 Å². The zero-order valence-electron chi connectivity index (χ0n) is 14.8. The molecule has 0 spiro atoms. The molecule has 2 aromatic rings. The second-order valence-corrected chi connectivity index (χ2v) is 6.25. The average Bonchev–Trinajstić information content (AvgIpc) is 2.69. The number of hydrogen-bond donors (Lipinski definition) is 4. The molecule has 2 rings (SSSR count). The van der Waals surface area contributed by atoms with Crippen molar-refractivity contribution in [1.29, 1.82) is 0 Å². The topological polar surface area (TPSA) is 130 Å². The van der Waals surface area contributed by atoms with Gasteiger partial charge in [0, 0.05) is 22.7 Å². The van der Waals surface area contributed by atoms with Crippen LogP contribution in [0.1, 0.15) is 26.3 Å². The molecular weight excluding hydrogens is 384 g/mol. The van der Waals surface area contributed by atoms with Gasteiger partial charge in [0.25, 0.3) is 11.8 Å². The Hall–Kier alpha value is -3.39. The fourth-order valence-corrected chi connectivity index (χ4v) is 2.39. The van der Waals surface area contributed by atoms with Crippen molar-refractivity contribution in [2.45, 2.75) is 6.54 Å². The lowest BCUT2D eigenvalue weighted by Crippen LogP contribution is -2.36. The van der Waals surface area contributed by atoms with Crippen LogP contribution in [0.25, 0.3) is 0 Å². The molecule has 0 bridgehead atoms. The first-order valence-corrected chi connectivity index (χ1v) is 8.69. The minimum atomic E-state index is -0.630. The summed E-state index contributed by atoms with van der Waals surface area (Å²) in [5.74, 6) is -1.81. The van der Waals surface area contributed by atoms with Crippen LogP contribution in [0.4, 0.5) is 0 Å². The number of rotatable bonds is 8. The lowest BCUT2D eigenvalue weighted by molar-refractivity contribution is -0.120. The van der Waals surface area contributed by atoms with E-state index in [1.54, 1.807) is 42.5 Å². The number of benzene rings is 2. The molecule has 4 amide bonds. The number of nitrogens with two attached hydrogens (primary N) is 1. The van der Waals surface area contributed by atoms with Crippen LogP contribution in [0.3, 0.4) is 0 Å². The van der Waals surface area contributed by atoms with E-state index in [2.05, 4.69) is 16.0 Å². The molecule has 0 fully saturated rings. The molecule has 0 heterocycles. The van der Waals surface area contributed by atoms with E-state index in [-0.39, 0.29) is 25.5 Å². The predicted molar refractivity (Wildman–Crippen MR) is 104 cm³/mol. The van der Waals surface area contributed by atoms with E-state index < -0.39 is 17.7 Å². The van der Waals surface area contributed by atoms with E-state index in [0.29, 0.717) is 16.1 Å². The van der Waals surface area contributed by atoms with Gasteiger partial charge in [0.1, 0.15) is 0 Å². The fourth-order valence-electron chi connectivity index (χ4n) is 2.20. The Bertz CT molecular complexity index is 884. The van der Waals surface area contributed by atoms with E-state index in [4.69, 9.17) is 17.3 Å². The molecule has 28 heavy (non-hydrogen) atoms. The van der Waals surface area contributed by atoms with Crippen LogP contribution in [0.15, 0.2) is 48.5 Å². The summed E-state index contributed by atoms with van der Waals surface area (Å²) < 4.78 is 0. The molecule has 0 aliphatic rings. The summed E-state index contributed by atoms with van der Waals surface area (Å²) in [5, 5.41) is 7.99. The summed E-state index contributed by atoms with van der Waals surface area (Å²) in [6, 6.07) is 12.9. The van der Waals surface area contributed by atoms with Crippen LogP contribution in [0.2, 0.25) is 5.02 Å². The highest BCUT2D eigenvalue weighted by atomic mass is 35.5. The zero-order valence-corrected chi connectivity index (χ0v) is 15.6. The van der Waals surface area contributed by atoms with E-state index in [1.807, 2.05) is 0 Å². The third kappa shape index (κ3) is 6.73. The number of carbonyl (C=O) groups is 4. The molecule has 0 atom stereocenters. The Balaban J connectivity index is 1.77. The molecule has 8 nitrogen and oxygen atoms in total. The van der Waals surface area contributed by atoms with Gasteiger partial charge in [-0.15, -0.1) is 0 Å². The van der Waals surface area contributed by atoms with Gasteiger partial charge in [-0.05, 0) is 35.9 Å². The van der Waals surface area contributed by atoms with Crippen LogP contribution in [-0.4, -0.2) is 36.7 Å². The van der Waals surface area contributed by atoms with Crippen molar-refractivity contribution >= 4 is 35.2 Å². The highest BCUT2D eigenvalue weighted by Crippen LogP contribution is 2.10. The van der Waals surface area contributed by atoms with Crippen molar-refractivity contribution in [3.8, 4) is 0 Å². The second kappa shape index (κ2) is 10.1. The maximum absolute atomic E-state index is 12.0. The van der Waals surface area contributed by atoms with Crippen LogP contribution in [-0.2, 0) is 16.1 Å². The van der Waals surface area contributed by atoms with Gasteiger partial charge < -0.3 is 21.7 Å². The number of primary amides is 1. The monoisotopic (exact) mass is 402 g/mol. The molecule has 0 aromatic heterocycles. The third-order valence-corrected chi connectivity index (χ3v) is 3.86. The minimum Gasteiger partial charge on any atom is -0.368 e. The van der Waals surface area contributed by atoms with Crippen LogP contribution >= 0.6 is 11.6 Å². The number of amides is 4. The molecule has 0 saturated carbocycles.